The average Bonchev–Trinajstić information content (AvgIpc) is 2.84. The largest absolute Gasteiger partial charge is 0.469 e. The molecule has 0 fully saturated rings. The minimum absolute atomic E-state index is 0.116. The Bertz CT molecular complexity index is 670. The Hall–Kier alpha value is -2.44. The fourth-order valence-electron chi connectivity index (χ4n) is 1.88. The number of esters is 1. The van der Waals surface area contributed by atoms with Gasteiger partial charge in [-0.15, -0.1) is 0 Å². The Morgan fingerprint density at radius 2 is 2.14 bits per heavy atom. The fraction of sp³-hybridized carbons (Fsp3) is 0.333. The van der Waals surface area contributed by atoms with Crippen molar-refractivity contribution in [2.45, 2.75) is 26.4 Å². The number of aryl methyl sites for hydroxylation is 1. The van der Waals surface area contributed by atoms with E-state index in [0.717, 1.165) is 12.1 Å². The van der Waals surface area contributed by atoms with Crippen LogP contribution in [0.3, 0.4) is 0 Å². The molecule has 5 nitrogen and oxygen atoms in total. The minimum atomic E-state index is -0.702. The molecular formula is C15H15F2NO4. The van der Waals surface area contributed by atoms with Crippen LogP contribution in [-0.4, -0.2) is 18.2 Å². The smallest absolute Gasteiger partial charge is 0.314 e. The third kappa shape index (κ3) is 3.81. The van der Waals surface area contributed by atoms with Crippen LogP contribution in [0.15, 0.2) is 22.7 Å². The van der Waals surface area contributed by atoms with Crippen molar-refractivity contribution in [1.29, 1.82) is 0 Å². The minimum Gasteiger partial charge on any atom is -0.469 e. The highest BCUT2D eigenvalue weighted by molar-refractivity contribution is 5.69. The van der Waals surface area contributed by atoms with Gasteiger partial charge in [0.15, 0.2) is 0 Å². The molecular weight excluding hydrogens is 296 g/mol. The number of hydrogen-bond acceptors (Lipinski definition) is 5. The monoisotopic (exact) mass is 311 g/mol. The molecule has 0 saturated heterocycles. The van der Waals surface area contributed by atoms with Crippen LogP contribution in [0.5, 0.6) is 5.95 Å². The van der Waals surface area contributed by atoms with Crippen LogP contribution in [-0.2, 0) is 22.6 Å². The summed E-state index contributed by atoms with van der Waals surface area (Å²) in [6, 6.07) is 3.22. The quantitative estimate of drug-likeness (QED) is 0.768. The summed E-state index contributed by atoms with van der Waals surface area (Å²) in [5, 5.41) is 3.76. The summed E-state index contributed by atoms with van der Waals surface area (Å²) in [7, 11) is 1.30. The maximum absolute atomic E-state index is 13.5. The van der Waals surface area contributed by atoms with Crippen LogP contribution < -0.4 is 4.74 Å². The van der Waals surface area contributed by atoms with E-state index in [-0.39, 0.29) is 30.5 Å². The van der Waals surface area contributed by atoms with Gasteiger partial charge in [-0.25, -0.2) is 8.78 Å². The standard InChI is InChI=1S/C15H15F2NO4/c1-9-12(5-6-14(19)20-2)15(22-18-9)21-8-10-3-4-11(16)7-13(10)17/h3-4,7H,5-6,8H2,1-2H3. The van der Waals surface area contributed by atoms with Gasteiger partial charge in [0.05, 0.1) is 18.4 Å². The molecule has 0 aliphatic carbocycles. The Labute approximate surface area is 125 Å². The van der Waals surface area contributed by atoms with Gasteiger partial charge in [0.25, 0.3) is 0 Å². The fourth-order valence-corrected chi connectivity index (χ4v) is 1.88. The van der Waals surface area contributed by atoms with Crippen LogP contribution in [0.25, 0.3) is 0 Å². The van der Waals surface area contributed by atoms with Crippen molar-refractivity contribution >= 4 is 5.97 Å². The number of hydrogen-bond donors (Lipinski definition) is 0. The summed E-state index contributed by atoms with van der Waals surface area (Å²) in [5.41, 5.74) is 1.39. The zero-order chi connectivity index (χ0) is 16.1. The SMILES string of the molecule is COC(=O)CCc1c(C)noc1OCc1ccc(F)cc1F. The zero-order valence-corrected chi connectivity index (χ0v) is 12.2. The van der Waals surface area contributed by atoms with Crippen molar-refractivity contribution in [3.63, 3.8) is 0 Å². The average molecular weight is 311 g/mol. The lowest BCUT2D eigenvalue weighted by Gasteiger charge is -2.06. The first-order valence-corrected chi connectivity index (χ1v) is 6.60. The summed E-state index contributed by atoms with van der Waals surface area (Å²) >= 11 is 0. The number of nitrogens with zero attached hydrogens (tertiary/aromatic N) is 1. The normalized spacial score (nSPS) is 10.5. The first-order valence-electron chi connectivity index (χ1n) is 6.60. The Morgan fingerprint density at radius 1 is 1.36 bits per heavy atom. The molecule has 2 aromatic rings. The van der Waals surface area contributed by atoms with Crippen LogP contribution in [0, 0.1) is 18.6 Å². The van der Waals surface area contributed by atoms with Crippen molar-refractivity contribution in [3.8, 4) is 5.95 Å². The highest BCUT2D eigenvalue weighted by Crippen LogP contribution is 2.25. The molecule has 0 unspecified atom stereocenters. The summed E-state index contributed by atoms with van der Waals surface area (Å²) in [6.45, 7) is 1.58. The number of carbonyl (C=O) groups is 1. The molecule has 0 amide bonds. The summed E-state index contributed by atoms with van der Waals surface area (Å²) in [4.78, 5) is 11.2. The van der Waals surface area contributed by atoms with Gasteiger partial charge in [-0.2, -0.15) is 0 Å². The molecule has 0 bridgehead atoms. The maximum atomic E-state index is 13.5. The highest BCUT2D eigenvalue weighted by atomic mass is 19.1. The molecule has 0 atom stereocenters. The lowest BCUT2D eigenvalue weighted by Crippen LogP contribution is -2.04. The number of benzene rings is 1. The molecule has 0 spiro atoms. The third-order valence-electron chi connectivity index (χ3n) is 3.13. The molecule has 2 rings (SSSR count). The van der Waals surface area contributed by atoms with E-state index in [4.69, 9.17) is 9.26 Å². The predicted molar refractivity (Wildman–Crippen MR) is 72.3 cm³/mol. The van der Waals surface area contributed by atoms with E-state index in [1.54, 1.807) is 6.92 Å². The molecule has 118 valence electrons. The summed E-state index contributed by atoms with van der Waals surface area (Å²) in [6.07, 6.45) is 0.489. The molecule has 1 aromatic heterocycles. The van der Waals surface area contributed by atoms with Gasteiger partial charge in [0.2, 0.25) is 0 Å². The van der Waals surface area contributed by atoms with E-state index in [1.807, 2.05) is 0 Å². The maximum Gasteiger partial charge on any atom is 0.314 e. The Morgan fingerprint density at radius 3 is 2.82 bits per heavy atom. The molecule has 0 radical (unpaired) electrons. The number of aromatic nitrogens is 1. The van der Waals surface area contributed by atoms with Gasteiger partial charge in [0.1, 0.15) is 18.2 Å². The number of halogens is 2. The molecule has 0 saturated carbocycles. The van der Waals surface area contributed by atoms with E-state index in [1.165, 1.54) is 13.2 Å². The summed E-state index contributed by atoms with van der Waals surface area (Å²) < 4.78 is 41.3. The van der Waals surface area contributed by atoms with E-state index < -0.39 is 11.6 Å². The zero-order valence-electron chi connectivity index (χ0n) is 12.2. The van der Waals surface area contributed by atoms with Crippen LogP contribution >= 0.6 is 0 Å². The van der Waals surface area contributed by atoms with Gasteiger partial charge in [-0.05, 0) is 25.5 Å². The van der Waals surface area contributed by atoms with Gasteiger partial charge in [-0.1, -0.05) is 5.16 Å². The number of methoxy groups -OCH3 is 1. The molecule has 22 heavy (non-hydrogen) atoms. The molecule has 1 heterocycles. The number of rotatable bonds is 6. The molecule has 0 N–H and O–H groups in total. The number of ether oxygens (including phenoxy) is 2. The second-order valence-corrected chi connectivity index (χ2v) is 4.63. The topological polar surface area (TPSA) is 61.6 Å². The van der Waals surface area contributed by atoms with E-state index in [9.17, 15) is 13.6 Å². The van der Waals surface area contributed by atoms with Crippen LogP contribution in [0.2, 0.25) is 0 Å². The van der Waals surface area contributed by atoms with Crippen molar-refractivity contribution in [2.24, 2.45) is 0 Å². The van der Waals surface area contributed by atoms with Crippen molar-refractivity contribution in [3.05, 3.63) is 46.7 Å². The van der Waals surface area contributed by atoms with E-state index in [0.29, 0.717) is 17.7 Å². The van der Waals surface area contributed by atoms with Gasteiger partial charge >= 0.3 is 11.9 Å². The second-order valence-electron chi connectivity index (χ2n) is 4.63. The molecule has 0 aliphatic heterocycles. The second kappa shape index (κ2) is 7.02. The van der Waals surface area contributed by atoms with Gasteiger partial charge in [-0.3, -0.25) is 4.79 Å². The lowest BCUT2D eigenvalue weighted by atomic mass is 10.1. The van der Waals surface area contributed by atoms with Crippen molar-refractivity contribution < 1.29 is 27.6 Å². The van der Waals surface area contributed by atoms with E-state index in [2.05, 4.69) is 9.89 Å². The summed E-state index contributed by atoms with van der Waals surface area (Å²) in [5.74, 6) is -1.61. The van der Waals surface area contributed by atoms with Gasteiger partial charge in [0, 0.05) is 18.1 Å². The molecule has 0 aliphatic rings. The van der Waals surface area contributed by atoms with Crippen LogP contribution in [0.1, 0.15) is 23.2 Å². The van der Waals surface area contributed by atoms with Crippen molar-refractivity contribution in [2.75, 3.05) is 7.11 Å². The first-order chi connectivity index (χ1) is 10.5. The van der Waals surface area contributed by atoms with E-state index >= 15 is 0 Å². The Balaban J connectivity index is 2.05. The van der Waals surface area contributed by atoms with Crippen molar-refractivity contribution in [1.82, 2.24) is 5.16 Å². The Kier molecular flexibility index (Phi) is 5.08. The van der Waals surface area contributed by atoms with Crippen LogP contribution in [0.4, 0.5) is 8.78 Å². The first kappa shape index (κ1) is 15.9. The molecule has 7 heteroatoms. The predicted octanol–water partition coefficient (Wildman–Crippen LogP) is 2.95. The van der Waals surface area contributed by atoms with Gasteiger partial charge < -0.3 is 14.0 Å². The number of carbonyl (C=O) groups excluding carboxylic acids is 1. The lowest BCUT2D eigenvalue weighted by molar-refractivity contribution is -0.140. The third-order valence-corrected chi connectivity index (χ3v) is 3.13. The molecule has 1 aromatic carbocycles. The highest BCUT2D eigenvalue weighted by Gasteiger charge is 2.17.